The van der Waals surface area contributed by atoms with Crippen LogP contribution in [0.5, 0.6) is 0 Å². The smallest absolute Gasteiger partial charge is 0.188 e. The van der Waals surface area contributed by atoms with Crippen molar-refractivity contribution in [3.63, 3.8) is 0 Å². The van der Waals surface area contributed by atoms with E-state index in [0.29, 0.717) is 5.69 Å². The number of nitrogens with zero attached hydrogens (tertiary/aromatic N) is 4. The van der Waals surface area contributed by atoms with Crippen LogP contribution in [0.4, 0.5) is 0 Å². The molecule has 0 unspecified atom stereocenters. The van der Waals surface area contributed by atoms with Gasteiger partial charge in [-0.15, -0.1) is 0 Å². The van der Waals surface area contributed by atoms with Crippen LogP contribution in [-0.4, -0.2) is 25.8 Å². The van der Waals surface area contributed by atoms with Crippen LogP contribution >= 0.6 is 15.9 Å². The second-order valence-electron chi connectivity index (χ2n) is 2.99. The highest BCUT2D eigenvalue weighted by molar-refractivity contribution is 9.10. The zero-order valence-corrected chi connectivity index (χ0v) is 9.66. The molecule has 0 radical (unpaired) electrons. The van der Waals surface area contributed by atoms with E-state index in [1.165, 1.54) is 0 Å². The summed E-state index contributed by atoms with van der Waals surface area (Å²) < 4.78 is 2.54. The van der Waals surface area contributed by atoms with Crippen molar-refractivity contribution in [3.05, 3.63) is 40.9 Å². The molecular weight excluding hydrogens is 274 g/mol. The highest BCUT2D eigenvalue weighted by Gasteiger charge is 2.03. The Morgan fingerprint density at radius 2 is 2.25 bits per heavy atom. The van der Waals surface area contributed by atoms with Gasteiger partial charge < -0.3 is 10.9 Å². The largest absolute Gasteiger partial charge is 0.409 e. The summed E-state index contributed by atoms with van der Waals surface area (Å²) in [7, 11) is 0. The predicted octanol–water partition coefficient (Wildman–Crippen LogP) is 1.12. The number of nitrogens with two attached hydrogens (primary N) is 1. The summed E-state index contributed by atoms with van der Waals surface area (Å²) in [6.45, 7) is 0. The van der Waals surface area contributed by atoms with Crippen LogP contribution < -0.4 is 5.73 Å². The van der Waals surface area contributed by atoms with E-state index in [0.717, 1.165) is 10.2 Å². The fraction of sp³-hybridized carbons (Fsp3) is 0. The molecule has 0 atom stereocenters. The second-order valence-corrected chi connectivity index (χ2v) is 3.91. The second kappa shape index (κ2) is 4.31. The number of hydrogen-bond acceptors (Lipinski definition) is 4. The van der Waals surface area contributed by atoms with Crippen LogP contribution in [-0.2, 0) is 0 Å². The van der Waals surface area contributed by atoms with Crippen molar-refractivity contribution in [1.82, 2.24) is 14.8 Å². The summed E-state index contributed by atoms with van der Waals surface area (Å²) in [5.74, 6) is -0.0202. The third kappa shape index (κ3) is 2.03. The zero-order valence-electron chi connectivity index (χ0n) is 8.08. The minimum Gasteiger partial charge on any atom is -0.409 e. The van der Waals surface area contributed by atoms with Gasteiger partial charge >= 0.3 is 0 Å². The van der Waals surface area contributed by atoms with E-state index in [1.54, 1.807) is 35.4 Å². The fourth-order valence-corrected chi connectivity index (χ4v) is 1.45. The number of amidine groups is 1. The molecule has 0 aliphatic carbocycles. The van der Waals surface area contributed by atoms with Crippen molar-refractivity contribution in [2.75, 3.05) is 0 Å². The fourth-order valence-electron chi connectivity index (χ4n) is 1.17. The standard InChI is InChI=1S/C9H8BrN5O/c10-6-3-13-15(5-6)7-1-2-8(12-4-7)9(11)14-16/h1-5,16H,(H2,11,14). The summed E-state index contributed by atoms with van der Waals surface area (Å²) >= 11 is 3.30. The number of hydrogen-bond donors (Lipinski definition) is 2. The van der Waals surface area contributed by atoms with Crippen molar-refractivity contribution in [3.8, 4) is 5.69 Å². The summed E-state index contributed by atoms with van der Waals surface area (Å²) in [5, 5.41) is 15.4. The van der Waals surface area contributed by atoms with Crippen molar-refractivity contribution in [1.29, 1.82) is 0 Å². The van der Waals surface area contributed by atoms with E-state index >= 15 is 0 Å². The van der Waals surface area contributed by atoms with E-state index in [-0.39, 0.29) is 5.84 Å². The molecule has 0 aliphatic heterocycles. The number of halogens is 1. The Balaban J connectivity index is 2.33. The van der Waals surface area contributed by atoms with E-state index in [2.05, 4.69) is 31.2 Å². The molecule has 0 saturated carbocycles. The molecule has 82 valence electrons. The van der Waals surface area contributed by atoms with Crippen LogP contribution in [0.15, 0.2) is 40.4 Å². The first-order valence-electron chi connectivity index (χ1n) is 4.35. The topological polar surface area (TPSA) is 89.3 Å². The highest BCUT2D eigenvalue weighted by Crippen LogP contribution is 2.11. The van der Waals surface area contributed by atoms with Gasteiger partial charge in [0.05, 0.1) is 22.6 Å². The van der Waals surface area contributed by atoms with Gasteiger partial charge in [-0.2, -0.15) is 5.10 Å². The van der Waals surface area contributed by atoms with Crippen LogP contribution in [0.1, 0.15) is 5.69 Å². The number of pyridine rings is 1. The summed E-state index contributed by atoms with van der Waals surface area (Å²) in [6.07, 6.45) is 5.07. The van der Waals surface area contributed by atoms with Gasteiger partial charge in [0.15, 0.2) is 5.84 Å². The van der Waals surface area contributed by atoms with E-state index in [9.17, 15) is 0 Å². The normalized spacial score (nSPS) is 11.7. The van der Waals surface area contributed by atoms with Crippen LogP contribution in [0.3, 0.4) is 0 Å². The van der Waals surface area contributed by atoms with Crippen LogP contribution in [0, 0.1) is 0 Å². The zero-order chi connectivity index (χ0) is 11.5. The van der Waals surface area contributed by atoms with Crippen molar-refractivity contribution < 1.29 is 5.21 Å². The Bertz CT molecular complexity index is 519. The lowest BCUT2D eigenvalue weighted by Gasteiger charge is -2.01. The van der Waals surface area contributed by atoms with E-state index < -0.39 is 0 Å². The predicted molar refractivity (Wildman–Crippen MR) is 61.6 cm³/mol. The maximum Gasteiger partial charge on any atom is 0.188 e. The molecule has 2 rings (SSSR count). The van der Waals surface area contributed by atoms with Gasteiger partial charge in [-0.25, -0.2) is 4.68 Å². The lowest BCUT2D eigenvalue weighted by Crippen LogP contribution is -2.14. The summed E-state index contributed by atoms with van der Waals surface area (Å²) in [4.78, 5) is 4.04. The molecule has 0 aromatic carbocycles. The Labute approximate surface area is 99.5 Å². The molecule has 7 heteroatoms. The molecule has 16 heavy (non-hydrogen) atoms. The maximum atomic E-state index is 8.48. The van der Waals surface area contributed by atoms with Crippen LogP contribution in [0.2, 0.25) is 0 Å². The van der Waals surface area contributed by atoms with Gasteiger partial charge in [0, 0.05) is 6.20 Å². The number of rotatable bonds is 2. The van der Waals surface area contributed by atoms with Gasteiger partial charge in [0.25, 0.3) is 0 Å². The molecule has 0 aliphatic rings. The van der Waals surface area contributed by atoms with Gasteiger partial charge in [-0.05, 0) is 28.1 Å². The summed E-state index contributed by atoms with van der Waals surface area (Å²) in [6, 6.07) is 3.43. The monoisotopic (exact) mass is 281 g/mol. The van der Waals surface area contributed by atoms with Gasteiger partial charge in [-0.3, -0.25) is 4.98 Å². The highest BCUT2D eigenvalue weighted by atomic mass is 79.9. The minimum absolute atomic E-state index is 0.0202. The average Bonchev–Trinajstić information content (AvgIpc) is 2.75. The third-order valence-corrected chi connectivity index (χ3v) is 2.34. The first-order chi connectivity index (χ1) is 7.70. The van der Waals surface area contributed by atoms with Crippen LogP contribution in [0.25, 0.3) is 5.69 Å². The van der Waals surface area contributed by atoms with Crippen molar-refractivity contribution in [2.45, 2.75) is 0 Å². The molecule has 2 aromatic heterocycles. The average molecular weight is 282 g/mol. The van der Waals surface area contributed by atoms with Crippen molar-refractivity contribution >= 4 is 21.8 Å². The van der Waals surface area contributed by atoms with E-state index in [1.807, 2.05) is 0 Å². The van der Waals surface area contributed by atoms with Crippen molar-refractivity contribution in [2.24, 2.45) is 10.9 Å². The van der Waals surface area contributed by atoms with E-state index in [4.69, 9.17) is 10.9 Å². The maximum absolute atomic E-state index is 8.48. The molecule has 0 spiro atoms. The molecule has 6 nitrogen and oxygen atoms in total. The minimum atomic E-state index is -0.0202. The SMILES string of the molecule is N/C(=N/O)c1ccc(-n2cc(Br)cn2)cn1. The van der Waals surface area contributed by atoms with Gasteiger partial charge in [-0.1, -0.05) is 5.16 Å². The quantitative estimate of drug-likeness (QED) is 0.374. The Kier molecular flexibility index (Phi) is 2.86. The molecule has 3 N–H and O–H groups in total. The van der Waals surface area contributed by atoms with Gasteiger partial charge in [0.1, 0.15) is 5.69 Å². The third-order valence-electron chi connectivity index (χ3n) is 1.93. The molecular formula is C9H8BrN5O. The van der Waals surface area contributed by atoms with Gasteiger partial charge in [0.2, 0.25) is 0 Å². The summed E-state index contributed by atoms with van der Waals surface area (Å²) in [5.41, 5.74) is 6.60. The molecule has 0 amide bonds. The Hall–Kier alpha value is -1.89. The lowest BCUT2D eigenvalue weighted by molar-refractivity contribution is 0.318. The Morgan fingerprint density at radius 3 is 2.75 bits per heavy atom. The molecule has 2 aromatic rings. The Morgan fingerprint density at radius 1 is 1.44 bits per heavy atom. The first-order valence-corrected chi connectivity index (χ1v) is 5.14. The molecule has 0 saturated heterocycles. The number of aromatic nitrogens is 3. The number of oxime groups is 1. The first kappa shape index (κ1) is 10.6. The molecule has 0 bridgehead atoms. The lowest BCUT2D eigenvalue weighted by atomic mass is 10.3. The molecule has 2 heterocycles. The molecule has 0 fully saturated rings.